The summed E-state index contributed by atoms with van der Waals surface area (Å²) in [6.07, 6.45) is -1.03. The van der Waals surface area contributed by atoms with Crippen LogP contribution in [-0.2, 0) is 16.8 Å². The number of carbonyl (C=O) groups excluding carboxylic acids is 1. The van der Waals surface area contributed by atoms with E-state index in [0.717, 1.165) is 18.4 Å². The summed E-state index contributed by atoms with van der Waals surface area (Å²) >= 11 is 6.07. The largest absolute Gasteiger partial charge is 0.484 e. The maximum atomic E-state index is 13.0. The highest BCUT2D eigenvalue weighted by molar-refractivity contribution is 6.30. The van der Waals surface area contributed by atoms with Gasteiger partial charge in [-0.3, -0.25) is 9.78 Å². The third-order valence-corrected chi connectivity index (χ3v) is 5.71. The number of carbonyl (C=O) groups is 1. The smallest absolute Gasteiger partial charge is 0.422 e. The van der Waals surface area contributed by atoms with Gasteiger partial charge in [-0.1, -0.05) is 54.1 Å². The highest BCUT2D eigenvalue weighted by Crippen LogP contribution is 2.37. The second kappa shape index (κ2) is 9.43. The second-order valence-electron chi connectivity index (χ2n) is 8.12. The predicted octanol–water partition coefficient (Wildman–Crippen LogP) is 5.69. The Morgan fingerprint density at radius 1 is 1.06 bits per heavy atom. The number of halogens is 4. The van der Waals surface area contributed by atoms with E-state index in [1.54, 1.807) is 24.3 Å². The number of alkyl halides is 3. The molecule has 1 fully saturated rings. The molecule has 1 N–H and O–H groups in total. The van der Waals surface area contributed by atoms with E-state index in [-0.39, 0.29) is 17.6 Å². The lowest BCUT2D eigenvalue weighted by atomic mass is 9.80. The van der Waals surface area contributed by atoms with Gasteiger partial charge in [0.15, 0.2) is 6.61 Å². The zero-order valence-corrected chi connectivity index (χ0v) is 18.4. The highest BCUT2D eigenvalue weighted by atomic mass is 35.5. The number of nitrogens with zero attached hydrogens (tertiary/aromatic N) is 1. The number of rotatable bonds is 8. The Bertz CT molecular complexity index is 1100. The van der Waals surface area contributed by atoms with E-state index in [4.69, 9.17) is 16.3 Å². The summed E-state index contributed by atoms with van der Waals surface area (Å²) < 4.78 is 43.2. The molecule has 33 heavy (non-hydrogen) atoms. The molecule has 2 aromatic carbocycles. The quantitative estimate of drug-likeness (QED) is 0.456. The minimum absolute atomic E-state index is 0.0527. The van der Waals surface area contributed by atoms with Gasteiger partial charge in [-0.15, -0.1) is 0 Å². The van der Waals surface area contributed by atoms with Gasteiger partial charge in [0.2, 0.25) is 5.91 Å². The topological polar surface area (TPSA) is 51.2 Å². The number of hydrogen-bond acceptors (Lipinski definition) is 3. The molecule has 1 atom stereocenters. The molecule has 1 aromatic heterocycles. The molecular formula is C25H22ClF3N2O2. The Morgan fingerprint density at radius 2 is 1.82 bits per heavy atom. The lowest BCUT2D eigenvalue weighted by Crippen LogP contribution is -2.49. The first-order valence-corrected chi connectivity index (χ1v) is 10.9. The summed E-state index contributed by atoms with van der Waals surface area (Å²) in [6.45, 7) is -1.41. The van der Waals surface area contributed by atoms with Crippen molar-refractivity contribution in [3.05, 3.63) is 94.8 Å². The first kappa shape index (κ1) is 23.1. The van der Waals surface area contributed by atoms with Crippen molar-refractivity contribution < 1.29 is 22.7 Å². The van der Waals surface area contributed by atoms with Crippen molar-refractivity contribution >= 4 is 17.5 Å². The van der Waals surface area contributed by atoms with E-state index in [2.05, 4.69) is 10.3 Å². The summed E-state index contributed by atoms with van der Waals surface area (Å²) in [5, 5.41) is 3.60. The van der Waals surface area contributed by atoms with Crippen LogP contribution in [0.1, 0.15) is 29.7 Å². The lowest BCUT2D eigenvalue weighted by Gasteiger charge is -2.36. The van der Waals surface area contributed by atoms with Gasteiger partial charge in [-0.05, 0) is 48.2 Å². The fourth-order valence-corrected chi connectivity index (χ4v) is 3.84. The number of amides is 1. The van der Waals surface area contributed by atoms with Crippen molar-refractivity contribution in [2.24, 2.45) is 5.92 Å². The number of pyridine rings is 1. The van der Waals surface area contributed by atoms with Gasteiger partial charge in [0.25, 0.3) is 0 Å². The molecule has 8 heteroatoms. The Morgan fingerprint density at radius 3 is 2.45 bits per heavy atom. The van der Waals surface area contributed by atoms with Gasteiger partial charge >= 0.3 is 6.18 Å². The average Bonchev–Trinajstić information content (AvgIpc) is 3.64. The molecule has 3 aromatic rings. The van der Waals surface area contributed by atoms with Gasteiger partial charge in [-0.25, -0.2) is 0 Å². The molecule has 1 aliphatic carbocycles. The van der Waals surface area contributed by atoms with Gasteiger partial charge in [0.1, 0.15) is 11.3 Å². The van der Waals surface area contributed by atoms with Crippen LogP contribution in [0.4, 0.5) is 13.2 Å². The van der Waals surface area contributed by atoms with E-state index in [1.807, 2.05) is 30.3 Å². The zero-order valence-electron chi connectivity index (χ0n) is 17.6. The van der Waals surface area contributed by atoms with E-state index >= 15 is 0 Å². The third-order valence-electron chi connectivity index (χ3n) is 5.49. The molecule has 1 aliphatic rings. The minimum Gasteiger partial charge on any atom is -0.484 e. The molecule has 1 heterocycles. The fourth-order valence-electron chi connectivity index (χ4n) is 3.73. The SMILES string of the molecule is O=C(N[C@@](Cc1ccccc1)(c1cccc(OCC(F)(F)F)c1)c1ccc(Cl)cn1)C1CC1. The Kier molecular flexibility index (Phi) is 6.61. The van der Waals surface area contributed by atoms with Gasteiger partial charge in [-0.2, -0.15) is 13.2 Å². The van der Waals surface area contributed by atoms with Crippen LogP contribution in [0.25, 0.3) is 0 Å². The normalized spacial score (nSPS) is 15.5. The standard InChI is InChI=1S/C25H22ClF3N2O2/c26-20-11-12-22(30-15-20)24(31-23(32)18-9-10-18,14-17-5-2-1-3-6-17)19-7-4-8-21(13-19)33-16-25(27,28)29/h1-8,11-13,15,18H,9-10,14,16H2,(H,31,32)/t24-/m0/s1. The van der Waals surface area contributed by atoms with Crippen LogP contribution < -0.4 is 10.1 Å². The Labute approximate surface area is 194 Å². The fraction of sp³-hybridized carbons (Fsp3) is 0.280. The van der Waals surface area contributed by atoms with Crippen LogP contribution >= 0.6 is 11.6 Å². The minimum atomic E-state index is -4.46. The molecule has 0 radical (unpaired) electrons. The zero-order chi connectivity index (χ0) is 23.5. The first-order chi connectivity index (χ1) is 15.7. The van der Waals surface area contributed by atoms with Crippen LogP contribution in [0.2, 0.25) is 5.02 Å². The van der Waals surface area contributed by atoms with Crippen molar-refractivity contribution in [1.29, 1.82) is 0 Å². The monoisotopic (exact) mass is 474 g/mol. The number of ether oxygens (including phenoxy) is 1. The molecule has 4 nitrogen and oxygen atoms in total. The number of benzene rings is 2. The molecule has 1 saturated carbocycles. The van der Waals surface area contributed by atoms with Crippen LogP contribution in [0.5, 0.6) is 5.75 Å². The average molecular weight is 475 g/mol. The van der Waals surface area contributed by atoms with E-state index in [9.17, 15) is 18.0 Å². The number of hydrogen-bond donors (Lipinski definition) is 1. The van der Waals surface area contributed by atoms with Crippen molar-refractivity contribution in [2.45, 2.75) is 31.0 Å². The third kappa shape index (κ3) is 5.85. The number of aromatic nitrogens is 1. The molecule has 0 spiro atoms. The molecule has 172 valence electrons. The number of nitrogens with one attached hydrogen (secondary N) is 1. The first-order valence-electron chi connectivity index (χ1n) is 10.5. The molecule has 0 unspecified atom stereocenters. The van der Waals surface area contributed by atoms with Gasteiger partial charge in [0.05, 0.1) is 10.7 Å². The van der Waals surface area contributed by atoms with E-state index in [1.165, 1.54) is 18.3 Å². The molecule has 4 rings (SSSR count). The van der Waals surface area contributed by atoms with Crippen molar-refractivity contribution in [1.82, 2.24) is 10.3 Å². The van der Waals surface area contributed by atoms with Crippen molar-refractivity contribution in [3.63, 3.8) is 0 Å². The van der Waals surface area contributed by atoms with E-state index < -0.39 is 18.3 Å². The van der Waals surface area contributed by atoms with E-state index in [0.29, 0.717) is 22.7 Å². The molecule has 0 bridgehead atoms. The van der Waals surface area contributed by atoms with Gasteiger partial charge in [0, 0.05) is 18.5 Å². The van der Waals surface area contributed by atoms with Crippen molar-refractivity contribution in [3.8, 4) is 5.75 Å². The van der Waals surface area contributed by atoms with Crippen LogP contribution in [-0.4, -0.2) is 23.7 Å². The van der Waals surface area contributed by atoms with Gasteiger partial charge < -0.3 is 10.1 Å². The summed E-state index contributed by atoms with van der Waals surface area (Å²) in [5.41, 5.74) is 0.878. The maximum Gasteiger partial charge on any atom is 0.422 e. The van der Waals surface area contributed by atoms with Crippen molar-refractivity contribution in [2.75, 3.05) is 6.61 Å². The Hall–Kier alpha value is -3.06. The second-order valence-corrected chi connectivity index (χ2v) is 8.56. The summed E-state index contributed by atoms with van der Waals surface area (Å²) in [7, 11) is 0. The lowest BCUT2D eigenvalue weighted by molar-refractivity contribution is -0.153. The Balaban J connectivity index is 1.82. The highest BCUT2D eigenvalue weighted by Gasteiger charge is 2.41. The van der Waals surface area contributed by atoms with Crippen LogP contribution in [0.15, 0.2) is 72.9 Å². The maximum absolute atomic E-state index is 13.0. The van der Waals surface area contributed by atoms with Crippen LogP contribution in [0, 0.1) is 5.92 Å². The van der Waals surface area contributed by atoms with Crippen LogP contribution in [0.3, 0.4) is 0 Å². The summed E-state index contributed by atoms with van der Waals surface area (Å²) in [6, 6.07) is 19.3. The predicted molar refractivity (Wildman–Crippen MR) is 119 cm³/mol. The molecule has 0 aliphatic heterocycles. The summed E-state index contributed by atoms with van der Waals surface area (Å²) in [4.78, 5) is 17.5. The molecular weight excluding hydrogens is 453 g/mol. The molecule has 0 saturated heterocycles. The molecule has 1 amide bonds. The summed E-state index contributed by atoms with van der Waals surface area (Å²) in [5.74, 6) is -0.154.